The minimum atomic E-state index is -1.76. The molecule has 0 spiro atoms. The Bertz CT molecular complexity index is 1200. The summed E-state index contributed by atoms with van der Waals surface area (Å²) in [5.74, 6) is -5.58. The molecule has 0 atom stereocenters. The van der Waals surface area contributed by atoms with Crippen LogP contribution in [0.5, 0.6) is 0 Å². The summed E-state index contributed by atoms with van der Waals surface area (Å²) in [6.07, 6.45) is 0.196. The van der Waals surface area contributed by atoms with Gasteiger partial charge in [-0.05, 0) is 41.5 Å². The van der Waals surface area contributed by atoms with E-state index in [1.807, 2.05) is 0 Å². The molecule has 0 unspecified atom stereocenters. The molecule has 36 heavy (non-hydrogen) atoms. The molecule has 3 N–H and O–H groups in total. The fraction of sp³-hybridized carbons (Fsp3) is 0.364. The third-order valence-electron chi connectivity index (χ3n) is 4.00. The van der Waals surface area contributed by atoms with Crippen LogP contribution in [-0.4, -0.2) is 71.6 Å². The van der Waals surface area contributed by atoms with E-state index in [1.165, 1.54) is 0 Å². The summed E-state index contributed by atoms with van der Waals surface area (Å²) in [7, 11) is 0. The Morgan fingerprint density at radius 1 is 0.722 bits per heavy atom. The van der Waals surface area contributed by atoms with Gasteiger partial charge >= 0.3 is 30.1 Å². The maximum atomic E-state index is 12.7. The summed E-state index contributed by atoms with van der Waals surface area (Å²) in [5.41, 5.74) is -5.22. The van der Waals surface area contributed by atoms with Crippen molar-refractivity contribution in [2.24, 2.45) is 0 Å². The van der Waals surface area contributed by atoms with Gasteiger partial charge in [-0.3, -0.25) is 0 Å². The van der Waals surface area contributed by atoms with Crippen molar-refractivity contribution in [1.82, 2.24) is 15.0 Å². The summed E-state index contributed by atoms with van der Waals surface area (Å²) in [6, 6.07) is 0. The first-order valence-corrected chi connectivity index (χ1v) is 10.2. The number of anilines is 1. The van der Waals surface area contributed by atoms with Crippen molar-refractivity contribution in [3.05, 3.63) is 35.4 Å². The molecule has 14 nitrogen and oxygen atoms in total. The van der Waals surface area contributed by atoms with Crippen LogP contribution in [0.1, 0.15) is 72.7 Å². The summed E-state index contributed by atoms with van der Waals surface area (Å²) in [4.78, 5) is 72.2. The van der Waals surface area contributed by atoms with Gasteiger partial charge in [0.2, 0.25) is 5.95 Å². The lowest BCUT2D eigenvalue weighted by atomic mass is 9.96. The van der Waals surface area contributed by atoms with E-state index in [1.54, 1.807) is 41.5 Å². The highest BCUT2D eigenvalue weighted by atomic mass is 16.6. The van der Waals surface area contributed by atoms with Crippen molar-refractivity contribution in [2.75, 3.05) is 4.90 Å². The van der Waals surface area contributed by atoms with Crippen LogP contribution in [0.15, 0.2) is 18.6 Å². The minimum absolute atomic E-state index is 0.230. The molecule has 0 radical (unpaired) electrons. The fourth-order valence-corrected chi connectivity index (χ4v) is 2.76. The number of ether oxygens (including phenoxy) is 2. The lowest BCUT2D eigenvalue weighted by Gasteiger charge is -2.27. The van der Waals surface area contributed by atoms with Crippen LogP contribution in [0.3, 0.4) is 0 Å². The molecule has 0 aromatic carbocycles. The van der Waals surface area contributed by atoms with Gasteiger partial charge in [0.1, 0.15) is 16.8 Å². The van der Waals surface area contributed by atoms with Crippen LogP contribution in [0, 0.1) is 0 Å². The Kier molecular flexibility index (Phi) is 7.62. The van der Waals surface area contributed by atoms with Gasteiger partial charge in [0.25, 0.3) is 0 Å². The summed E-state index contributed by atoms with van der Waals surface area (Å²) < 4.78 is 10.5. The summed E-state index contributed by atoms with van der Waals surface area (Å²) in [5, 5.41) is 28.4. The van der Waals surface area contributed by atoms with Crippen LogP contribution in [0.2, 0.25) is 0 Å². The van der Waals surface area contributed by atoms with E-state index in [-0.39, 0.29) is 5.56 Å². The highest BCUT2D eigenvalue weighted by Crippen LogP contribution is 2.30. The maximum absolute atomic E-state index is 12.7. The van der Waals surface area contributed by atoms with Crippen molar-refractivity contribution < 1.29 is 48.8 Å². The normalized spacial score (nSPS) is 11.4. The van der Waals surface area contributed by atoms with Crippen molar-refractivity contribution >= 4 is 36.0 Å². The Labute approximate surface area is 204 Å². The Hall–Kier alpha value is -4.62. The molecule has 2 heterocycles. The highest BCUT2D eigenvalue weighted by molar-refractivity contribution is 6.10. The molecule has 0 aliphatic rings. The van der Waals surface area contributed by atoms with Crippen LogP contribution < -0.4 is 4.90 Å². The number of hydrogen-bond acceptors (Lipinski definition) is 10. The predicted octanol–water partition coefficient (Wildman–Crippen LogP) is 3.31. The predicted molar refractivity (Wildman–Crippen MR) is 121 cm³/mol. The number of carboxylic acids is 3. The topological polar surface area (TPSA) is 206 Å². The Balaban J connectivity index is 2.69. The molecule has 0 aliphatic carbocycles. The van der Waals surface area contributed by atoms with E-state index in [9.17, 15) is 39.3 Å². The van der Waals surface area contributed by atoms with Gasteiger partial charge in [-0.25, -0.2) is 38.9 Å². The molecule has 2 amide bonds. The first-order chi connectivity index (χ1) is 16.4. The number of pyridine rings is 1. The van der Waals surface area contributed by atoms with Gasteiger partial charge in [0.15, 0.2) is 5.69 Å². The molecule has 0 saturated heterocycles. The van der Waals surface area contributed by atoms with Crippen LogP contribution in [0.25, 0.3) is 11.1 Å². The van der Waals surface area contributed by atoms with Gasteiger partial charge in [0, 0.05) is 29.7 Å². The third-order valence-corrected chi connectivity index (χ3v) is 4.00. The van der Waals surface area contributed by atoms with Crippen LogP contribution in [0.4, 0.5) is 15.5 Å². The largest absolute Gasteiger partial charge is 0.478 e. The highest BCUT2D eigenvalue weighted by Gasteiger charge is 2.35. The number of carbonyl (C=O) groups excluding carboxylic acids is 2. The zero-order valence-electron chi connectivity index (χ0n) is 20.2. The quantitative estimate of drug-likeness (QED) is 0.535. The van der Waals surface area contributed by atoms with E-state index < -0.39 is 69.6 Å². The zero-order valence-corrected chi connectivity index (χ0v) is 20.2. The molecular formula is C22H24N4O10. The lowest BCUT2D eigenvalue weighted by molar-refractivity contribution is 0.0425. The number of imide groups is 1. The van der Waals surface area contributed by atoms with Crippen molar-refractivity contribution in [3.63, 3.8) is 0 Å². The average Bonchev–Trinajstić information content (AvgIpc) is 2.70. The third kappa shape index (κ3) is 6.49. The van der Waals surface area contributed by atoms with Crippen molar-refractivity contribution in [2.45, 2.75) is 52.7 Å². The van der Waals surface area contributed by atoms with E-state index >= 15 is 0 Å². The number of nitrogens with zero attached hydrogens (tertiary/aromatic N) is 4. The van der Waals surface area contributed by atoms with E-state index in [0.29, 0.717) is 11.1 Å². The Morgan fingerprint density at radius 2 is 1.19 bits per heavy atom. The minimum Gasteiger partial charge on any atom is -0.478 e. The monoisotopic (exact) mass is 504 g/mol. The Morgan fingerprint density at radius 3 is 1.56 bits per heavy atom. The molecule has 0 aliphatic heterocycles. The number of hydrogen-bond donors (Lipinski definition) is 3. The van der Waals surface area contributed by atoms with Crippen molar-refractivity contribution in [3.8, 4) is 11.1 Å². The first-order valence-electron chi connectivity index (χ1n) is 10.2. The van der Waals surface area contributed by atoms with E-state index in [0.717, 1.165) is 12.4 Å². The molecule has 2 aromatic heterocycles. The van der Waals surface area contributed by atoms with Crippen LogP contribution >= 0.6 is 0 Å². The number of aromatic carboxylic acids is 3. The summed E-state index contributed by atoms with van der Waals surface area (Å²) >= 11 is 0. The first kappa shape index (κ1) is 27.6. The van der Waals surface area contributed by atoms with Gasteiger partial charge in [-0.15, -0.1) is 4.90 Å². The van der Waals surface area contributed by atoms with Gasteiger partial charge < -0.3 is 24.8 Å². The molecular weight excluding hydrogens is 480 g/mol. The molecule has 192 valence electrons. The van der Waals surface area contributed by atoms with E-state index in [4.69, 9.17) is 9.47 Å². The number of amides is 2. The number of aromatic nitrogens is 3. The van der Waals surface area contributed by atoms with Crippen molar-refractivity contribution in [1.29, 1.82) is 0 Å². The second kappa shape index (κ2) is 9.93. The molecule has 0 fully saturated rings. The smallest absolute Gasteiger partial charge is 0.427 e. The number of carboxylic acid groups (broad SMARTS) is 3. The second-order valence-electron chi connectivity index (χ2n) is 9.25. The number of carbonyl (C=O) groups is 5. The average molecular weight is 504 g/mol. The maximum Gasteiger partial charge on any atom is 0.427 e. The molecule has 2 aromatic rings. The fourth-order valence-electron chi connectivity index (χ4n) is 2.76. The molecule has 2 rings (SSSR count). The standard InChI is InChI=1S/C22H24N4O10/c1-21(2,3)35-19(33)26(20(34)36-22(4,5)6)18-24-7-10(8-25-18)12-11(15(27)28)9-23-14(17(31)32)13(12)16(29)30/h7-9H,1-6H3,(H,27,28)(H,29,30)(H,31,32). The van der Waals surface area contributed by atoms with Crippen LogP contribution in [-0.2, 0) is 9.47 Å². The summed E-state index contributed by atoms with van der Waals surface area (Å²) in [6.45, 7) is 9.37. The van der Waals surface area contributed by atoms with Gasteiger partial charge in [-0.2, -0.15) is 0 Å². The van der Waals surface area contributed by atoms with Gasteiger partial charge in [-0.1, -0.05) is 0 Å². The lowest BCUT2D eigenvalue weighted by Crippen LogP contribution is -2.44. The molecule has 14 heteroatoms. The second-order valence-corrected chi connectivity index (χ2v) is 9.25. The zero-order chi connectivity index (χ0) is 27.6. The number of rotatable bonds is 5. The SMILES string of the molecule is CC(C)(C)OC(=O)N(C(=O)OC(C)(C)C)c1ncc(-c2c(C(=O)O)cnc(C(=O)O)c2C(=O)O)cn1. The molecule has 0 bridgehead atoms. The molecule has 0 saturated carbocycles. The van der Waals surface area contributed by atoms with E-state index in [2.05, 4.69) is 15.0 Å². The van der Waals surface area contributed by atoms with Gasteiger partial charge in [0.05, 0.1) is 5.56 Å².